The van der Waals surface area contributed by atoms with Crippen molar-refractivity contribution in [1.82, 2.24) is 4.90 Å². The van der Waals surface area contributed by atoms with E-state index < -0.39 is 0 Å². The van der Waals surface area contributed by atoms with Gasteiger partial charge in [-0.05, 0) is 44.2 Å². The molecule has 142 valence electrons. The minimum Gasteiger partial charge on any atom is -0.491 e. The molecule has 1 saturated heterocycles. The number of piperidine rings is 1. The van der Waals surface area contributed by atoms with Gasteiger partial charge in [-0.25, -0.2) is 4.99 Å². The number of hydrogen-bond acceptors (Lipinski definition) is 3. The van der Waals surface area contributed by atoms with Gasteiger partial charge in [0.2, 0.25) is 0 Å². The molecule has 1 aromatic carbocycles. The third-order valence-electron chi connectivity index (χ3n) is 4.43. The van der Waals surface area contributed by atoms with E-state index in [-0.39, 0.29) is 24.0 Å². The van der Waals surface area contributed by atoms with E-state index in [2.05, 4.69) is 41.9 Å². The van der Waals surface area contributed by atoms with Crippen molar-refractivity contribution in [3.63, 3.8) is 0 Å². The van der Waals surface area contributed by atoms with E-state index in [4.69, 9.17) is 15.2 Å². The Kier molecular flexibility index (Phi) is 10.2. The number of nitrogens with zero attached hydrogens (tertiary/aromatic N) is 2. The lowest BCUT2D eigenvalue weighted by Crippen LogP contribution is -2.42. The third kappa shape index (κ3) is 7.40. The van der Waals surface area contributed by atoms with Crippen molar-refractivity contribution in [3.8, 4) is 5.75 Å². The molecule has 2 rings (SSSR count). The molecule has 5 nitrogen and oxygen atoms in total. The molecule has 2 N–H and O–H groups in total. The normalized spacial score (nSPS) is 15.8. The molecule has 0 aromatic heterocycles. The van der Waals surface area contributed by atoms with E-state index in [0.717, 1.165) is 30.3 Å². The number of nitrogens with two attached hydrogens (primary N) is 1. The van der Waals surface area contributed by atoms with Crippen molar-refractivity contribution in [1.29, 1.82) is 0 Å². The van der Waals surface area contributed by atoms with Crippen molar-refractivity contribution in [2.75, 3.05) is 32.9 Å². The standard InChI is InChI=1S/C19H31N3O2.HI/c1-4-23-11-12-24-18-13-16(3)5-6-17(18)14-21-19(20)22-9-7-15(2)8-10-22;/h5-6,13,15H,4,7-12,14H2,1-3H3,(H2,20,21);1H. The van der Waals surface area contributed by atoms with Gasteiger partial charge in [0.05, 0.1) is 13.2 Å². The Hall–Kier alpha value is -1.02. The molecule has 1 heterocycles. The summed E-state index contributed by atoms with van der Waals surface area (Å²) < 4.78 is 11.2. The van der Waals surface area contributed by atoms with Crippen LogP contribution in [0.3, 0.4) is 0 Å². The maximum atomic E-state index is 6.18. The van der Waals surface area contributed by atoms with E-state index in [1.54, 1.807) is 0 Å². The Morgan fingerprint density at radius 3 is 2.68 bits per heavy atom. The van der Waals surface area contributed by atoms with Gasteiger partial charge in [-0.3, -0.25) is 0 Å². The maximum Gasteiger partial charge on any atom is 0.191 e. The summed E-state index contributed by atoms with van der Waals surface area (Å²) in [4.78, 5) is 6.77. The van der Waals surface area contributed by atoms with E-state index in [0.29, 0.717) is 32.3 Å². The van der Waals surface area contributed by atoms with Crippen molar-refractivity contribution < 1.29 is 9.47 Å². The Labute approximate surface area is 169 Å². The summed E-state index contributed by atoms with van der Waals surface area (Å²) in [6.07, 6.45) is 2.37. The van der Waals surface area contributed by atoms with Crippen molar-refractivity contribution >= 4 is 29.9 Å². The van der Waals surface area contributed by atoms with Gasteiger partial charge in [0.25, 0.3) is 0 Å². The molecule has 0 saturated carbocycles. The Morgan fingerprint density at radius 2 is 2.00 bits per heavy atom. The molecule has 1 aromatic rings. The molecule has 0 atom stereocenters. The van der Waals surface area contributed by atoms with Crippen LogP contribution >= 0.6 is 24.0 Å². The molecular weight excluding hydrogens is 429 g/mol. The fourth-order valence-electron chi connectivity index (χ4n) is 2.79. The average molecular weight is 461 g/mol. The molecule has 1 aliphatic rings. The summed E-state index contributed by atoms with van der Waals surface area (Å²) in [5, 5.41) is 0. The van der Waals surface area contributed by atoms with Crippen LogP contribution in [0.2, 0.25) is 0 Å². The molecule has 1 fully saturated rings. The predicted molar refractivity (Wildman–Crippen MR) is 114 cm³/mol. The number of aryl methyl sites for hydroxylation is 1. The van der Waals surface area contributed by atoms with Gasteiger partial charge in [-0.1, -0.05) is 19.1 Å². The van der Waals surface area contributed by atoms with Crippen LogP contribution in [0, 0.1) is 12.8 Å². The first-order valence-corrected chi connectivity index (χ1v) is 8.95. The third-order valence-corrected chi connectivity index (χ3v) is 4.43. The number of aliphatic imine (C=N–C) groups is 1. The van der Waals surface area contributed by atoms with Crippen molar-refractivity contribution in [3.05, 3.63) is 29.3 Å². The minimum absolute atomic E-state index is 0. The smallest absolute Gasteiger partial charge is 0.191 e. The van der Waals surface area contributed by atoms with Gasteiger partial charge in [-0.15, -0.1) is 24.0 Å². The summed E-state index contributed by atoms with van der Waals surface area (Å²) in [5.74, 6) is 2.30. The molecule has 0 amide bonds. The number of halogens is 1. The fourth-order valence-corrected chi connectivity index (χ4v) is 2.79. The summed E-state index contributed by atoms with van der Waals surface area (Å²) in [5.41, 5.74) is 8.41. The molecule has 0 spiro atoms. The highest BCUT2D eigenvalue weighted by Crippen LogP contribution is 2.22. The first-order valence-electron chi connectivity index (χ1n) is 8.95. The molecule has 0 aliphatic carbocycles. The Balaban J connectivity index is 0.00000312. The van der Waals surface area contributed by atoms with Gasteiger partial charge in [0, 0.05) is 25.3 Å². The largest absolute Gasteiger partial charge is 0.491 e. The molecule has 25 heavy (non-hydrogen) atoms. The monoisotopic (exact) mass is 461 g/mol. The zero-order valence-electron chi connectivity index (χ0n) is 15.7. The van der Waals surface area contributed by atoms with E-state index in [1.165, 1.54) is 18.4 Å². The SMILES string of the molecule is CCOCCOc1cc(C)ccc1CN=C(N)N1CCC(C)CC1.I. The molecule has 6 heteroatoms. The Morgan fingerprint density at radius 1 is 1.28 bits per heavy atom. The lowest BCUT2D eigenvalue weighted by atomic mass is 10.00. The van der Waals surface area contributed by atoms with Gasteiger partial charge in [-0.2, -0.15) is 0 Å². The van der Waals surface area contributed by atoms with E-state index in [9.17, 15) is 0 Å². The summed E-state index contributed by atoms with van der Waals surface area (Å²) in [7, 11) is 0. The summed E-state index contributed by atoms with van der Waals surface area (Å²) >= 11 is 0. The van der Waals surface area contributed by atoms with Crippen LogP contribution in [0.1, 0.15) is 37.8 Å². The maximum absolute atomic E-state index is 6.18. The molecular formula is C19H32IN3O2. The zero-order valence-corrected chi connectivity index (χ0v) is 18.0. The van der Waals surface area contributed by atoms with Gasteiger partial charge < -0.3 is 20.1 Å². The lowest BCUT2D eigenvalue weighted by molar-refractivity contribution is 0.110. The number of likely N-dealkylation sites (tertiary alicyclic amines) is 1. The quantitative estimate of drug-likeness (QED) is 0.292. The second kappa shape index (κ2) is 11.6. The van der Waals surface area contributed by atoms with E-state index >= 15 is 0 Å². The van der Waals surface area contributed by atoms with Gasteiger partial charge in [0.1, 0.15) is 12.4 Å². The van der Waals surface area contributed by atoms with Crippen LogP contribution in [0.5, 0.6) is 5.75 Å². The van der Waals surface area contributed by atoms with Gasteiger partial charge >= 0.3 is 0 Å². The first-order chi connectivity index (χ1) is 11.6. The number of benzene rings is 1. The number of guanidine groups is 1. The fraction of sp³-hybridized carbons (Fsp3) is 0.632. The molecule has 1 aliphatic heterocycles. The molecule has 0 unspecified atom stereocenters. The van der Waals surface area contributed by atoms with Gasteiger partial charge in [0.15, 0.2) is 5.96 Å². The zero-order chi connectivity index (χ0) is 17.4. The molecule has 0 bridgehead atoms. The van der Waals surface area contributed by atoms with Crippen LogP contribution in [0.25, 0.3) is 0 Å². The van der Waals surface area contributed by atoms with Crippen LogP contribution in [-0.2, 0) is 11.3 Å². The topological polar surface area (TPSA) is 60.1 Å². The summed E-state index contributed by atoms with van der Waals surface area (Å²) in [6.45, 7) is 10.7. The van der Waals surface area contributed by atoms with Crippen LogP contribution < -0.4 is 10.5 Å². The Bertz CT molecular complexity index is 543. The highest BCUT2D eigenvalue weighted by Gasteiger charge is 2.17. The molecule has 0 radical (unpaired) electrons. The highest BCUT2D eigenvalue weighted by molar-refractivity contribution is 14.0. The van der Waals surface area contributed by atoms with Crippen molar-refractivity contribution in [2.45, 2.75) is 40.2 Å². The number of hydrogen-bond donors (Lipinski definition) is 1. The predicted octanol–water partition coefficient (Wildman–Crippen LogP) is 3.57. The van der Waals surface area contributed by atoms with Crippen molar-refractivity contribution in [2.24, 2.45) is 16.6 Å². The lowest BCUT2D eigenvalue weighted by Gasteiger charge is -2.31. The number of ether oxygens (including phenoxy) is 2. The first kappa shape index (κ1) is 22.0. The second-order valence-corrected chi connectivity index (χ2v) is 6.50. The van der Waals surface area contributed by atoms with E-state index in [1.807, 2.05) is 6.92 Å². The van der Waals surface area contributed by atoms with Crippen LogP contribution in [0.15, 0.2) is 23.2 Å². The summed E-state index contributed by atoms with van der Waals surface area (Å²) in [6, 6.07) is 6.20. The van der Waals surface area contributed by atoms with Crippen LogP contribution in [-0.4, -0.2) is 43.8 Å². The van der Waals surface area contributed by atoms with Crippen LogP contribution in [0.4, 0.5) is 0 Å². The highest BCUT2D eigenvalue weighted by atomic mass is 127. The second-order valence-electron chi connectivity index (χ2n) is 6.50. The minimum atomic E-state index is 0. The average Bonchev–Trinajstić information content (AvgIpc) is 2.58. The number of rotatable bonds is 7.